The highest BCUT2D eigenvalue weighted by atomic mass is 32.2. The number of carbonyl (C=O) groups excluding carboxylic acids is 2. The quantitative estimate of drug-likeness (QED) is 0.380. The monoisotopic (exact) mass is 551 g/mol. The molecule has 1 N–H and O–H groups in total. The fourth-order valence-electron chi connectivity index (χ4n) is 4.04. The molecule has 0 aliphatic carbocycles. The number of hydrogen-bond acceptors (Lipinski definition) is 5. The Morgan fingerprint density at radius 1 is 0.897 bits per heavy atom. The van der Waals surface area contributed by atoms with Gasteiger partial charge in [0.1, 0.15) is 18.3 Å². The van der Waals surface area contributed by atoms with Gasteiger partial charge < -0.3 is 15.0 Å². The molecule has 3 aromatic rings. The van der Waals surface area contributed by atoms with Gasteiger partial charge in [-0.3, -0.25) is 13.9 Å². The van der Waals surface area contributed by atoms with Crippen LogP contribution in [0.3, 0.4) is 0 Å². The van der Waals surface area contributed by atoms with Crippen molar-refractivity contribution in [3.63, 3.8) is 0 Å². The molecule has 0 aliphatic heterocycles. The van der Waals surface area contributed by atoms with Gasteiger partial charge in [-0.2, -0.15) is 0 Å². The first-order valence-corrected chi connectivity index (χ1v) is 14.3. The van der Waals surface area contributed by atoms with E-state index < -0.39 is 28.5 Å². The molecule has 0 fully saturated rings. The van der Waals surface area contributed by atoms with Crippen molar-refractivity contribution in [1.29, 1.82) is 0 Å². The third-order valence-electron chi connectivity index (χ3n) is 6.50. The van der Waals surface area contributed by atoms with Crippen LogP contribution in [0, 0.1) is 13.8 Å². The van der Waals surface area contributed by atoms with Gasteiger partial charge in [-0.05, 0) is 87.7 Å². The van der Waals surface area contributed by atoms with E-state index in [0.29, 0.717) is 11.4 Å². The Balaban J connectivity index is 2.03. The molecule has 1 atom stereocenters. The molecule has 0 saturated carbocycles. The van der Waals surface area contributed by atoms with Gasteiger partial charge in [0.05, 0.1) is 17.7 Å². The summed E-state index contributed by atoms with van der Waals surface area (Å²) in [5, 5.41) is 2.85. The number of methoxy groups -OCH3 is 1. The van der Waals surface area contributed by atoms with Crippen LogP contribution in [0.2, 0.25) is 0 Å². The van der Waals surface area contributed by atoms with Crippen molar-refractivity contribution in [2.45, 2.75) is 58.1 Å². The molecule has 8 nitrogen and oxygen atoms in total. The van der Waals surface area contributed by atoms with Crippen molar-refractivity contribution >= 4 is 27.5 Å². The summed E-state index contributed by atoms with van der Waals surface area (Å²) < 4.78 is 34.0. The van der Waals surface area contributed by atoms with Crippen LogP contribution in [0.15, 0.2) is 77.7 Å². The lowest BCUT2D eigenvalue weighted by Crippen LogP contribution is -2.52. The number of ether oxygens (including phenoxy) is 1. The van der Waals surface area contributed by atoms with E-state index in [0.717, 1.165) is 21.0 Å². The van der Waals surface area contributed by atoms with E-state index in [9.17, 15) is 18.0 Å². The van der Waals surface area contributed by atoms with Crippen molar-refractivity contribution in [1.82, 2.24) is 10.2 Å². The Morgan fingerprint density at radius 2 is 1.54 bits per heavy atom. The minimum atomic E-state index is -4.09. The van der Waals surface area contributed by atoms with Gasteiger partial charge in [-0.15, -0.1) is 0 Å². The number of aryl methyl sites for hydroxylation is 2. The van der Waals surface area contributed by atoms with Gasteiger partial charge in [0, 0.05) is 12.6 Å². The molecule has 3 rings (SSSR count). The SMILES string of the molecule is COc1ccc(CN(C(=O)CN(c2ccc(C)c(C)c2)S(=O)(=O)c2ccccc2)[C@@H](C)C(=O)NC(C)C)cc1. The maximum absolute atomic E-state index is 13.9. The van der Waals surface area contributed by atoms with Crippen LogP contribution in [0.25, 0.3) is 0 Å². The van der Waals surface area contributed by atoms with Crippen LogP contribution >= 0.6 is 0 Å². The van der Waals surface area contributed by atoms with Crippen molar-refractivity contribution in [3.05, 3.63) is 89.5 Å². The predicted molar refractivity (Wildman–Crippen MR) is 153 cm³/mol. The van der Waals surface area contributed by atoms with Crippen molar-refractivity contribution in [2.75, 3.05) is 18.0 Å². The average molecular weight is 552 g/mol. The van der Waals surface area contributed by atoms with Crippen LogP contribution < -0.4 is 14.4 Å². The zero-order chi connectivity index (χ0) is 28.7. The summed E-state index contributed by atoms with van der Waals surface area (Å²) in [7, 11) is -2.52. The number of anilines is 1. The van der Waals surface area contributed by atoms with E-state index in [1.165, 1.54) is 17.0 Å². The third kappa shape index (κ3) is 7.38. The summed E-state index contributed by atoms with van der Waals surface area (Å²) in [5.41, 5.74) is 3.05. The highest BCUT2D eigenvalue weighted by Gasteiger charge is 2.32. The summed E-state index contributed by atoms with van der Waals surface area (Å²) in [6, 6.07) is 19.5. The second kappa shape index (κ2) is 12.8. The minimum absolute atomic E-state index is 0.0725. The number of carbonyl (C=O) groups is 2. The molecule has 3 aromatic carbocycles. The summed E-state index contributed by atoms with van der Waals surface area (Å²) in [4.78, 5) is 28.4. The summed E-state index contributed by atoms with van der Waals surface area (Å²) in [6.45, 7) is 8.79. The normalized spacial score (nSPS) is 12.1. The van der Waals surface area contributed by atoms with Crippen LogP contribution in [-0.4, -0.2) is 50.9 Å². The van der Waals surface area contributed by atoms with E-state index >= 15 is 0 Å². The average Bonchev–Trinajstić information content (AvgIpc) is 2.91. The van der Waals surface area contributed by atoms with Crippen LogP contribution in [0.1, 0.15) is 37.5 Å². The van der Waals surface area contributed by atoms with Crippen LogP contribution in [0.5, 0.6) is 5.75 Å². The van der Waals surface area contributed by atoms with E-state index in [-0.39, 0.29) is 23.4 Å². The molecule has 0 heterocycles. The van der Waals surface area contributed by atoms with E-state index in [4.69, 9.17) is 4.74 Å². The van der Waals surface area contributed by atoms with Gasteiger partial charge in [-0.25, -0.2) is 8.42 Å². The smallest absolute Gasteiger partial charge is 0.264 e. The summed E-state index contributed by atoms with van der Waals surface area (Å²) >= 11 is 0. The summed E-state index contributed by atoms with van der Waals surface area (Å²) in [5.74, 6) is -0.164. The fourth-order valence-corrected chi connectivity index (χ4v) is 5.47. The number of amides is 2. The molecule has 0 unspecified atom stereocenters. The largest absolute Gasteiger partial charge is 0.497 e. The third-order valence-corrected chi connectivity index (χ3v) is 8.29. The first-order chi connectivity index (χ1) is 18.4. The second-order valence-electron chi connectivity index (χ2n) is 9.80. The molecule has 39 heavy (non-hydrogen) atoms. The molecule has 0 spiro atoms. The Kier molecular flexibility index (Phi) is 9.75. The number of hydrogen-bond donors (Lipinski definition) is 1. The topological polar surface area (TPSA) is 96.0 Å². The van der Waals surface area contributed by atoms with Crippen LogP contribution in [-0.2, 0) is 26.2 Å². The fraction of sp³-hybridized carbons (Fsp3) is 0.333. The Morgan fingerprint density at radius 3 is 2.10 bits per heavy atom. The van der Waals surface area contributed by atoms with Gasteiger partial charge >= 0.3 is 0 Å². The first kappa shape index (κ1) is 29.7. The number of sulfonamides is 1. The van der Waals surface area contributed by atoms with Crippen molar-refractivity contribution in [3.8, 4) is 5.75 Å². The zero-order valence-electron chi connectivity index (χ0n) is 23.3. The predicted octanol–water partition coefficient (Wildman–Crippen LogP) is 4.45. The Bertz CT molecular complexity index is 1390. The molecule has 208 valence electrons. The molecule has 0 aliphatic rings. The lowest BCUT2D eigenvalue weighted by atomic mass is 10.1. The number of benzene rings is 3. The number of rotatable bonds is 11. The maximum Gasteiger partial charge on any atom is 0.264 e. The van der Waals surface area contributed by atoms with Gasteiger partial charge in [0.15, 0.2) is 0 Å². The molecule has 0 saturated heterocycles. The maximum atomic E-state index is 13.9. The lowest BCUT2D eigenvalue weighted by Gasteiger charge is -2.32. The lowest BCUT2D eigenvalue weighted by molar-refractivity contribution is -0.139. The molecular weight excluding hydrogens is 514 g/mol. The molecule has 0 radical (unpaired) electrons. The van der Waals surface area contributed by atoms with Gasteiger partial charge in [0.2, 0.25) is 11.8 Å². The molecule has 9 heteroatoms. The standard InChI is InChI=1S/C30H37N3O5S/c1-21(2)31-30(35)24(5)32(19-25-13-16-27(38-6)17-14-25)29(34)20-33(26-15-12-22(3)23(4)18-26)39(36,37)28-10-8-7-9-11-28/h7-18,21,24H,19-20H2,1-6H3,(H,31,35)/t24-/m0/s1. The van der Waals surface area contributed by atoms with Crippen molar-refractivity contribution < 1.29 is 22.7 Å². The Labute approximate surface area is 231 Å². The summed E-state index contributed by atoms with van der Waals surface area (Å²) in [6.07, 6.45) is 0. The van der Waals surface area contributed by atoms with Gasteiger partial charge in [0.25, 0.3) is 10.0 Å². The zero-order valence-corrected chi connectivity index (χ0v) is 24.2. The van der Waals surface area contributed by atoms with Crippen LogP contribution in [0.4, 0.5) is 5.69 Å². The number of nitrogens with one attached hydrogen (secondary N) is 1. The van der Waals surface area contributed by atoms with Gasteiger partial charge in [-0.1, -0.05) is 36.4 Å². The molecule has 0 aromatic heterocycles. The highest BCUT2D eigenvalue weighted by molar-refractivity contribution is 7.92. The van der Waals surface area contributed by atoms with Crippen molar-refractivity contribution in [2.24, 2.45) is 0 Å². The highest BCUT2D eigenvalue weighted by Crippen LogP contribution is 2.26. The molecule has 2 amide bonds. The van der Waals surface area contributed by atoms with E-state index in [2.05, 4.69) is 5.32 Å². The Hall–Kier alpha value is -3.85. The number of nitrogens with zero attached hydrogens (tertiary/aromatic N) is 2. The van der Waals surface area contributed by atoms with E-state index in [1.54, 1.807) is 56.5 Å². The van der Waals surface area contributed by atoms with E-state index in [1.807, 2.05) is 45.9 Å². The minimum Gasteiger partial charge on any atom is -0.497 e. The molecular formula is C30H37N3O5S. The first-order valence-electron chi connectivity index (χ1n) is 12.8. The molecule has 0 bridgehead atoms. The second-order valence-corrected chi connectivity index (χ2v) is 11.7.